The van der Waals surface area contributed by atoms with Gasteiger partial charge in [0.2, 0.25) is 5.91 Å². The van der Waals surface area contributed by atoms with Crippen molar-refractivity contribution in [2.24, 2.45) is 0 Å². The highest BCUT2D eigenvalue weighted by Crippen LogP contribution is 2.22. The third kappa shape index (κ3) is 4.10. The number of thiazole rings is 1. The molecule has 0 aliphatic carbocycles. The summed E-state index contributed by atoms with van der Waals surface area (Å²) >= 11 is 13.5. The minimum absolute atomic E-state index is 0.208. The van der Waals surface area contributed by atoms with E-state index in [0.29, 0.717) is 22.2 Å². The molecule has 0 aliphatic heterocycles. The number of carbonyl (C=O) groups is 1. The van der Waals surface area contributed by atoms with Crippen molar-refractivity contribution in [2.75, 3.05) is 0 Å². The van der Waals surface area contributed by atoms with Crippen LogP contribution in [0.25, 0.3) is 16.3 Å². The Hall–Kier alpha value is -1.88. The fourth-order valence-electron chi connectivity index (χ4n) is 2.02. The van der Waals surface area contributed by atoms with Gasteiger partial charge in [-0.25, -0.2) is 4.98 Å². The minimum Gasteiger partial charge on any atom is -0.346 e. The van der Waals surface area contributed by atoms with Gasteiger partial charge < -0.3 is 5.32 Å². The van der Waals surface area contributed by atoms with E-state index < -0.39 is 0 Å². The quantitative estimate of drug-likeness (QED) is 0.668. The van der Waals surface area contributed by atoms with Crippen LogP contribution in [0.4, 0.5) is 0 Å². The van der Waals surface area contributed by atoms with Gasteiger partial charge in [-0.05, 0) is 42.0 Å². The molecule has 0 aliphatic rings. The second kappa shape index (κ2) is 7.13. The largest absolute Gasteiger partial charge is 0.346 e. The predicted octanol–water partition coefficient (Wildman–Crippen LogP) is 4.93. The number of amides is 1. The van der Waals surface area contributed by atoms with Crippen molar-refractivity contribution in [2.45, 2.75) is 6.54 Å². The van der Waals surface area contributed by atoms with Crippen molar-refractivity contribution in [3.63, 3.8) is 0 Å². The molecule has 0 bridgehead atoms. The number of fused-ring (bicyclic) bond motifs is 1. The zero-order valence-corrected chi connectivity index (χ0v) is 14.3. The van der Waals surface area contributed by atoms with Gasteiger partial charge in [-0.1, -0.05) is 35.3 Å². The molecule has 3 aromatic rings. The van der Waals surface area contributed by atoms with Crippen molar-refractivity contribution >= 4 is 56.7 Å². The third-order valence-electron chi connectivity index (χ3n) is 3.12. The predicted molar refractivity (Wildman–Crippen MR) is 97.0 cm³/mol. The van der Waals surface area contributed by atoms with Crippen molar-refractivity contribution in [1.29, 1.82) is 0 Å². The zero-order chi connectivity index (χ0) is 16.2. The number of para-hydroxylation sites is 1. The number of nitrogens with one attached hydrogen (secondary N) is 1. The molecule has 1 amide bonds. The average Bonchev–Trinajstić information content (AvgIpc) is 2.96. The zero-order valence-electron chi connectivity index (χ0n) is 11.9. The molecule has 0 unspecified atom stereocenters. The van der Waals surface area contributed by atoms with Crippen LogP contribution in [0.15, 0.2) is 48.5 Å². The lowest BCUT2D eigenvalue weighted by Crippen LogP contribution is -2.20. The molecule has 3 nitrogen and oxygen atoms in total. The van der Waals surface area contributed by atoms with Crippen LogP contribution in [-0.2, 0) is 11.3 Å². The van der Waals surface area contributed by atoms with E-state index in [0.717, 1.165) is 15.2 Å². The maximum Gasteiger partial charge on any atom is 0.244 e. The van der Waals surface area contributed by atoms with E-state index >= 15 is 0 Å². The summed E-state index contributed by atoms with van der Waals surface area (Å²) in [5, 5.41) is 4.80. The first-order valence-corrected chi connectivity index (χ1v) is 8.44. The number of nitrogens with zero attached hydrogens (tertiary/aromatic N) is 1. The first kappa shape index (κ1) is 16.0. The summed E-state index contributed by atoms with van der Waals surface area (Å²) in [6, 6.07) is 13.0. The Morgan fingerprint density at radius 2 is 2.04 bits per heavy atom. The lowest BCUT2D eigenvalue weighted by atomic mass is 10.2. The molecule has 0 atom stereocenters. The van der Waals surface area contributed by atoms with Gasteiger partial charge in [0.15, 0.2) is 0 Å². The summed E-state index contributed by atoms with van der Waals surface area (Å²) in [6.07, 6.45) is 3.08. The molecule has 2 aromatic carbocycles. The van der Waals surface area contributed by atoms with Gasteiger partial charge in [0.1, 0.15) is 5.01 Å². The number of rotatable bonds is 4. The normalized spacial score (nSPS) is 11.2. The van der Waals surface area contributed by atoms with Gasteiger partial charge in [-0.3, -0.25) is 4.79 Å². The molecule has 1 heterocycles. The second-order valence-electron chi connectivity index (χ2n) is 4.79. The number of carbonyl (C=O) groups excluding carboxylic acids is 1. The molecule has 1 N–H and O–H groups in total. The standard InChI is InChI=1S/C17H12Cl2N2OS/c18-12-6-7-13(19)11(9-12)5-8-16(22)20-10-17-21-14-3-1-2-4-15(14)23-17/h1-9H,10H2,(H,20,22)/b8-5+. The molecule has 23 heavy (non-hydrogen) atoms. The summed E-state index contributed by atoms with van der Waals surface area (Å²) in [6.45, 7) is 0.395. The molecule has 0 radical (unpaired) electrons. The van der Waals surface area contributed by atoms with Gasteiger partial charge in [-0.2, -0.15) is 0 Å². The van der Waals surface area contributed by atoms with E-state index in [2.05, 4.69) is 10.3 Å². The Morgan fingerprint density at radius 1 is 1.22 bits per heavy atom. The van der Waals surface area contributed by atoms with E-state index in [4.69, 9.17) is 23.2 Å². The van der Waals surface area contributed by atoms with Crippen LogP contribution in [-0.4, -0.2) is 10.9 Å². The lowest BCUT2D eigenvalue weighted by Gasteiger charge is -2.00. The maximum absolute atomic E-state index is 11.9. The molecule has 1 aromatic heterocycles. The number of hydrogen-bond acceptors (Lipinski definition) is 3. The van der Waals surface area contributed by atoms with E-state index in [1.807, 2.05) is 24.3 Å². The minimum atomic E-state index is -0.208. The van der Waals surface area contributed by atoms with E-state index in [1.54, 1.807) is 35.6 Å². The highest BCUT2D eigenvalue weighted by atomic mass is 35.5. The second-order valence-corrected chi connectivity index (χ2v) is 6.75. The van der Waals surface area contributed by atoms with Gasteiger partial charge in [0.25, 0.3) is 0 Å². The molecule has 3 rings (SSSR count). The van der Waals surface area contributed by atoms with Crippen LogP contribution in [0.1, 0.15) is 10.6 Å². The van der Waals surface area contributed by atoms with Crippen LogP contribution in [0.3, 0.4) is 0 Å². The molecule has 0 saturated heterocycles. The summed E-state index contributed by atoms with van der Waals surface area (Å²) in [4.78, 5) is 16.4. The fraction of sp³-hybridized carbons (Fsp3) is 0.0588. The number of aromatic nitrogens is 1. The molecule has 0 fully saturated rings. The summed E-state index contributed by atoms with van der Waals surface area (Å²) in [7, 11) is 0. The van der Waals surface area contributed by atoms with Crippen molar-refractivity contribution < 1.29 is 4.79 Å². The highest BCUT2D eigenvalue weighted by molar-refractivity contribution is 7.18. The first-order valence-electron chi connectivity index (χ1n) is 6.87. The van der Waals surface area contributed by atoms with E-state index in [1.165, 1.54) is 6.08 Å². The summed E-state index contributed by atoms with van der Waals surface area (Å²) < 4.78 is 1.11. The Balaban J connectivity index is 1.63. The van der Waals surface area contributed by atoms with E-state index in [-0.39, 0.29) is 5.91 Å². The SMILES string of the molecule is O=C(/C=C/c1cc(Cl)ccc1Cl)NCc1nc2ccccc2s1. The fourth-order valence-corrected chi connectivity index (χ4v) is 3.29. The van der Waals surface area contributed by atoms with Crippen molar-refractivity contribution in [1.82, 2.24) is 10.3 Å². The summed E-state index contributed by atoms with van der Waals surface area (Å²) in [5.41, 5.74) is 1.65. The Labute approximate surface area is 147 Å². The maximum atomic E-state index is 11.9. The van der Waals surface area contributed by atoms with Crippen LogP contribution in [0.5, 0.6) is 0 Å². The van der Waals surface area contributed by atoms with Crippen LogP contribution < -0.4 is 5.32 Å². The Morgan fingerprint density at radius 3 is 2.87 bits per heavy atom. The monoisotopic (exact) mass is 362 g/mol. The van der Waals surface area contributed by atoms with Gasteiger partial charge in [-0.15, -0.1) is 11.3 Å². The molecular weight excluding hydrogens is 351 g/mol. The summed E-state index contributed by atoms with van der Waals surface area (Å²) in [5.74, 6) is -0.208. The molecule has 0 saturated carbocycles. The smallest absolute Gasteiger partial charge is 0.244 e. The number of halogens is 2. The number of benzene rings is 2. The highest BCUT2D eigenvalue weighted by Gasteiger charge is 2.04. The molecular formula is C17H12Cl2N2OS. The van der Waals surface area contributed by atoms with E-state index in [9.17, 15) is 4.79 Å². The molecule has 0 spiro atoms. The van der Waals surface area contributed by atoms with Crippen LogP contribution in [0.2, 0.25) is 10.0 Å². The van der Waals surface area contributed by atoms with Crippen molar-refractivity contribution in [3.8, 4) is 0 Å². The van der Waals surface area contributed by atoms with Crippen LogP contribution in [0, 0.1) is 0 Å². The first-order chi connectivity index (χ1) is 11.1. The van der Waals surface area contributed by atoms with Gasteiger partial charge in [0, 0.05) is 16.1 Å². The lowest BCUT2D eigenvalue weighted by molar-refractivity contribution is -0.116. The van der Waals surface area contributed by atoms with Crippen LogP contribution >= 0.6 is 34.5 Å². The third-order valence-corrected chi connectivity index (χ3v) is 4.74. The van der Waals surface area contributed by atoms with Gasteiger partial charge >= 0.3 is 0 Å². The van der Waals surface area contributed by atoms with Crippen molar-refractivity contribution in [3.05, 3.63) is 69.2 Å². The number of hydrogen-bond donors (Lipinski definition) is 1. The Bertz CT molecular complexity index is 856. The van der Waals surface area contributed by atoms with Gasteiger partial charge in [0.05, 0.1) is 16.8 Å². The Kier molecular flexibility index (Phi) is 4.96. The average molecular weight is 363 g/mol. The topological polar surface area (TPSA) is 42.0 Å². The molecule has 116 valence electrons. The molecule has 6 heteroatoms.